The lowest BCUT2D eigenvalue weighted by Crippen LogP contribution is -2.48. The van der Waals surface area contributed by atoms with Gasteiger partial charge in [-0.3, -0.25) is 9.59 Å². The minimum Gasteiger partial charge on any atom is -0.484 e. The van der Waals surface area contributed by atoms with Crippen LogP contribution in [0.25, 0.3) is 0 Å². The first-order valence-corrected chi connectivity index (χ1v) is 7.51. The smallest absolute Gasteiger partial charge is 0.258 e. The number of hydrogen-bond acceptors (Lipinski definition) is 3. The molecule has 112 valence electrons. The minimum atomic E-state index is -0.142. The first kappa shape index (κ1) is 13.9. The van der Waals surface area contributed by atoms with Crippen LogP contribution in [0.2, 0.25) is 0 Å². The van der Waals surface area contributed by atoms with Crippen LogP contribution >= 0.6 is 0 Å². The van der Waals surface area contributed by atoms with Crippen molar-refractivity contribution >= 4 is 11.8 Å². The van der Waals surface area contributed by atoms with Gasteiger partial charge in [0.05, 0.1) is 0 Å². The number of fused-ring (bicyclic) bond motifs is 1. The fourth-order valence-corrected chi connectivity index (χ4v) is 2.91. The molecule has 5 heteroatoms. The van der Waals surface area contributed by atoms with Crippen LogP contribution in [-0.4, -0.2) is 31.0 Å². The molecular weight excluding hydrogens is 268 g/mol. The van der Waals surface area contributed by atoms with Crippen molar-refractivity contribution in [1.82, 2.24) is 10.6 Å². The molecule has 1 fully saturated rings. The summed E-state index contributed by atoms with van der Waals surface area (Å²) in [5, 5.41) is 5.63. The highest BCUT2D eigenvalue weighted by molar-refractivity contribution is 5.79. The molecule has 1 saturated heterocycles. The van der Waals surface area contributed by atoms with Crippen molar-refractivity contribution in [2.75, 3.05) is 13.2 Å². The molecule has 1 atom stereocenters. The second-order valence-corrected chi connectivity index (χ2v) is 5.68. The van der Waals surface area contributed by atoms with Crippen LogP contribution < -0.4 is 15.4 Å². The molecule has 1 heterocycles. The van der Waals surface area contributed by atoms with Gasteiger partial charge in [-0.15, -0.1) is 0 Å². The van der Waals surface area contributed by atoms with Crippen LogP contribution in [0.1, 0.15) is 30.4 Å². The van der Waals surface area contributed by atoms with Crippen molar-refractivity contribution in [3.8, 4) is 5.75 Å². The van der Waals surface area contributed by atoms with E-state index in [0.717, 1.165) is 18.6 Å². The molecule has 2 N–H and O–H groups in total. The second-order valence-electron chi connectivity index (χ2n) is 5.68. The Morgan fingerprint density at radius 2 is 2.14 bits per heavy atom. The molecule has 5 nitrogen and oxygen atoms in total. The molecule has 1 aromatic rings. The van der Waals surface area contributed by atoms with Gasteiger partial charge in [0.1, 0.15) is 5.75 Å². The highest BCUT2D eigenvalue weighted by atomic mass is 16.5. The van der Waals surface area contributed by atoms with Gasteiger partial charge in [-0.25, -0.2) is 0 Å². The summed E-state index contributed by atoms with van der Waals surface area (Å²) in [5.41, 5.74) is 2.73. The lowest BCUT2D eigenvalue weighted by molar-refractivity contribution is -0.126. The number of hydrogen-bond donors (Lipinski definition) is 2. The van der Waals surface area contributed by atoms with Gasteiger partial charge in [0, 0.05) is 19.0 Å². The van der Waals surface area contributed by atoms with Gasteiger partial charge in [-0.1, -0.05) is 6.07 Å². The Labute approximate surface area is 124 Å². The van der Waals surface area contributed by atoms with Crippen LogP contribution in [0.5, 0.6) is 5.75 Å². The lowest BCUT2D eigenvalue weighted by atomic mass is 10.1. The van der Waals surface area contributed by atoms with E-state index in [9.17, 15) is 9.59 Å². The van der Waals surface area contributed by atoms with E-state index in [1.165, 1.54) is 17.5 Å². The van der Waals surface area contributed by atoms with Crippen LogP contribution in [0.3, 0.4) is 0 Å². The number of nitrogens with one attached hydrogen (secondary N) is 2. The number of amides is 2. The van der Waals surface area contributed by atoms with Crippen LogP contribution in [0.15, 0.2) is 18.2 Å². The number of ether oxygens (including phenoxy) is 1. The van der Waals surface area contributed by atoms with Gasteiger partial charge >= 0.3 is 0 Å². The summed E-state index contributed by atoms with van der Waals surface area (Å²) in [6.07, 6.45) is 4.60. The van der Waals surface area contributed by atoms with Crippen molar-refractivity contribution in [1.29, 1.82) is 0 Å². The summed E-state index contributed by atoms with van der Waals surface area (Å²) in [6.45, 7) is 0.520. The Hall–Kier alpha value is -2.04. The fraction of sp³-hybridized carbons (Fsp3) is 0.500. The molecule has 0 bridgehead atoms. The minimum absolute atomic E-state index is 0.0128. The van der Waals surface area contributed by atoms with Crippen molar-refractivity contribution < 1.29 is 14.3 Å². The Bertz CT molecular complexity index is 546. The van der Waals surface area contributed by atoms with Crippen molar-refractivity contribution in [2.24, 2.45) is 0 Å². The maximum Gasteiger partial charge on any atom is 0.258 e. The van der Waals surface area contributed by atoms with Crippen molar-refractivity contribution in [2.45, 2.75) is 38.1 Å². The van der Waals surface area contributed by atoms with E-state index in [1.54, 1.807) is 0 Å². The van der Waals surface area contributed by atoms with Gasteiger partial charge in [0.15, 0.2) is 6.61 Å². The first-order valence-electron chi connectivity index (χ1n) is 7.51. The summed E-state index contributed by atoms with van der Waals surface area (Å²) in [6, 6.07) is 6.07. The molecule has 1 unspecified atom stereocenters. The van der Waals surface area contributed by atoms with E-state index in [0.29, 0.717) is 19.4 Å². The van der Waals surface area contributed by atoms with E-state index >= 15 is 0 Å². The molecule has 1 aliphatic heterocycles. The van der Waals surface area contributed by atoms with Crippen LogP contribution in [-0.2, 0) is 22.4 Å². The zero-order valence-corrected chi connectivity index (χ0v) is 12.0. The Morgan fingerprint density at radius 3 is 2.95 bits per heavy atom. The van der Waals surface area contributed by atoms with E-state index in [2.05, 4.69) is 16.7 Å². The summed E-state index contributed by atoms with van der Waals surface area (Å²) in [5.74, 6) is 0.661. The molecule has 0 spiro atoms. The maximum atomic E-state index is 11.9. The Balaban J connectivity index is 1.46. The van der Waals surface area contributed by atoms with Crippen LogP contribution in [0, 0.1) is 0 Å². The predicted octanol–water partition coefficient (Wildman–Crippen LogP) is 0.949. The van der Waals surface area contributed by atoms with Gasteiger partial charge in [0.2, 0.25) is 5.91 Å². The van der Waals surface area contributed by atoms with Gasteiger partial charge in [-0.05, 0) is 48.9 Å². The Kier molecular flexibility index (Phi) is 4.08. The number of aryl methyl sites for hydroxylation is 2. The summed E-state index contributed by atoms with van der Waals surface area (Å²) in [4.78, 5) is 22.9. The monoisotopic (exact) mass is 288 g/mol. The van der Waals surface area contributed by atoms with Gasteiger partial charge in [-0.2, -0.15) is 0 Å². The Morgan fingerprint density at radius 1 is 1.29 bits per heavy atom. The normalized spacial score (nSPS) is 20.6. The molecule has 2 aliphatic rings. The quantitative estimate of drug-likeness (QED) is 0.867. The zero-order chi connectivity index (χ0) is 14.7. The van der Waals surface area contributed by atoms with E-state index < -0.39 is 0 Å². The molecule has 1 aliphatic carbocycles. The molecule has 0 saturated carbocycles. The number of rotatable bonds is 4. The van der Waals surface area contributed by atoms with Crippen molar-refractivity contribution in [3.05, 3.63) is 29.3 Å². The third kappa shape index (κ3) is 3.54. The molecule has 2 amide bonds. The SMILES string of the molecule is O=C1CCC(NC(=O)COc2ccc3c(c2)CCC3)CN1. The highest BCUT2D eigenvalue weighted by Crippen LogP contribution is 2.25. The molecule has 1 aromatic carbocycles. The average molecular weight is 288 g/mol. The number of carbonyl (C=O) groups is 2. The highest BCUT2D eigenvalue weighted by Gasteiger charge is 2.19. The van der Waals surface area contributed by atoms with Gasteiger partial charge < -0.3 is 15.4 Å². The topological polar surface area (TPSA) is 67.4 Å². The summed E-state index contributed by atoms with van der Waals surface area (Å²) in [7, 11) is 0. The average Bonchev–Trinajstić information content (AvgIpc) is 2.95. The fourth-order valence-electron chi connectivity index (χ4n) is 2.91. The third-order valence-corrected chi connectivity index (χ3v) is 4.07. The largest absolute Gasteiger partial charge is 0.484 e. The molecule has 0 radical (unpaired) electrons. The number of carbonyl (C=O) groups excluding carboxylic acids is 2. The zero-order valence-electron chi connectivity index (χ0n) is 12.0. The van der Waals surface area contributed by atoms with Crippen molar-refractivity contribution in [3.63, 3.8) is 0 Å². The van der Waals surface area contributed by atoms with E-state index in [1.807, 2.05) is 12.1 Å². The summed E-state index contributed by atoms with van der Waals surface area (Å²) < 4.78 is 5.56. The van der Waals surface area contributed by atoms with E-state index in [-0.39, 0.29) is 24.5 Å². The third-order valence-electron chi connectivity index (χ3n) is 4.07. The summed E-state index contributed by atoms with van der Waals surface area (Å²) >= 11 is 0. The predicted molar refractivity (Wildman–Crippen MR) is 78.1 cm³/mol. The van der Waals surface area contributed by atoms with E-state index in [4.69, 9.17) is 4.74 Å². The van der Waals surface area contributed by atoms with Gasteiger partial charge in [0.25, 0.3) is 5.91 Å². The number of piperidine rings is 1. The molecule has 3 rings (SSSR count). The molecule has 21 heavy (non-hydrogen) atoms. The number of benzene rings is 1. The molecule has 0 aromatic heterocycles. The first-order chi connectivity index (χ1) is 10.2. The van der Waals surface area contributed by atoms with Crippen LogP contribution in [0.4, 0.5) is 0 Å². The lowest BCUT2D eigenvalue weighted by Gasteiger charge is -2.23. The standard InChI is InChI=1S/C16H20N2O3/c19-15-7-5-13(9-17-15)18-16(20)10-21-14-6-4-11-2-1-3-12(11)8-14/h4,6,8,13H,1-3,5,7,9-10H2,(H,17,19)(H,18,20). The second kappa shape index (κ2) is 6.16. The molecular formula is C16H20N2O3. The maximum absolute atomic E-state index is 11.9.